The fraction of sp³-hybridized carbons (Fsp3) is 0.478. The number of methoxy groups -OCH3 is 1. The summed E-state index contributed by atoms with van der Waals surface area (Å²) in [6, 6.07) is 7.83. The molecular weight excluding hydrogens is 368 g/mol. The molecule has 0 amide bonds. The molecule has 6 nitrogen and oxygen atoms in total. The van der Waals surface area contributed by atoms with Gasteiger partial charge in [0.25, 0.3) is 0 Å². The molecule has 2 aromatic rings. The van der Waals surface area contributed by atoms with E-state index in [2.05, 4.69) is 22.5 Å². The van der Waals surface area contributed by atoms with E-state index in [9.17, 15) is 4.79 Å². The minimum absolute atomic E-state index is 0.103. The van der Waals surface area contributed by atoms with Crippen molar-refractivity contribution in [2.75, 3.05) is 26.8 Å². The van der Waals surface area contributed by atoms with E-state index in [1.807, 2.05) is 24.3 Å². The molecule has 6 heteroatoms. The maximum absolute atomic E-state index is 12.3. The highest BCUT2D eigenvalue weighted by Gasteiger charge is 2.44. The van der Waals surface area contributed by atoms with Crippen LogP contribution in [0.25, 0.3) is 10.9 Å². The Labute approximate surface area is 171 Å². The number of ether oxygens (including phenoxy) is 3. The van der Waals surface area contributed by atoms with Gasteiger partial charge in [-0.1, -0.05) is 6.08 Å². The van der Waals surface area contributed by atoms with E-state index >= 15 is 0 Å². The maximum atomic E-state index is 12.3. The summed E-state index contributed by atoms with van der Waals surface area (Å²) in [5.41, 5.74) is 1.79. The first-order valence-electron chi connectivity index (χ1n) is 10.3. The largest absolute Gasteiger partial charge is 0.508 e. The molecule has 0 saturated carbocycles. The first kappa shape index (κ1) is 19.7. The second-order valence-electron chi connectivity index (χ2n) is 7.75. The third-order valence-electron chi connectivity index (χ3n) is 6.28. The first-order chi connectivity index (χ1) is 14.1. The van der Waals surface area contributed by atoms with Gasteiger partial charge in [0.05, 0.1) is 25.3 Å². The zero-order valence-electron chi connectivity index (χ0n) is 17.0. The lowest BCUT2D eigenvalue weighted by molar-refractivity contribution is -0.0652. The molecule has 4 heterocycles. The van der Waals surface area contributed by atoms with E-state index in [-0.39, 0.29) is 12.6 Å². The van der Waals surface area contributed by atoms with Gasteiger partial charge in [-0.25, -0.2) is 4.79 Å². The third kappa shape index (κ3) is 3.81. The fourth-order valence-electron chi connectivity index (χ4n) is 4.82. The molecule has 154 valence electrons. The van der Waals surface area contributed by atoms with Crippen LogP contribution >= 0.6 is 0 Å². The number of benzene rings is 1. The smallest absolute Gasteiger partial charge is 0.497 e. The molecule has 1 aromatic heterocycles. The van der Waals surface area contributed by atoms with Gasteiger partial charge in [-0.15, -0.1) is 6.58 Å². The Hall–Kier alpha value is -2.60. The van der Waals surface area contributed by atoms with Gasteiger partial charge in [0.1, 0.15) is 11.9 Å². The van der Waals surface area contributed by atoms with Crippen LogP contribution in [0, 0.1) is 11.8 Å². The van der Waals surface area contributed by atoms with Crippen LogP contribution in [0.5, 0.6) is 5.75 Å². The molecule has 3 saturated heterocycles. The van der Waals surface area contributed by atoms with E-state index in [1.165, 1.54) is 0 Å². The lowest BCUT2D eigenvalue weighted by Crippen LogP contribution is -2.55. The van der Waals surface area contributed by atoms with E-state index in [0.29, 0.717) is 11.8 Å². The minimum atomic E-state index is -0.631. The number of aromatic nitrogens is 1. The highest BCUT2D eigenvalue weighted by atomic mass is 16.7. The number of hydrogen-bond donors (Lipinski definition) is 0. The van der Waals surface area contributed by atoms with Crippen molar-refractivity contribution >= 4 is 17.1 Å². The van der Waals surface area contributed by atoms with Crippen LogP contribution in [0.2, 0.25) is 0 Å². The number of hydrogen-bond acceptors (Lipinski definition) is 6. The van der Waals surface area contributed by atoms with E-state index < -0.39 is 12.3 Å². The molecular formula is C23H28N2O4. The predicted octanol–water partition coefficient (Wildman–Crippen LogP) is 4.35. The summed E-state index contributed by atoms with van der Waals surface area (Å²) >= 11 is 0. The summed E-state index contributed by atoms with van der Waals surface area (Å²) in [5.74, 6) is 1.81. The Kier molecular flexibility index (Phi) is 5.72. The molecule has 2 bridgehead atoms. The van der Waals surface area contributed by atoms with E-state index in [4.69, 9.17) is 14.2 Å². The van der Waals surface area contributed by atoms with Crippen molar-refractivity contribution in [2.24, 2.45) is 11.8 Å². The number of fused-ring (bicyclic) bond motifs is 4. The molecule has 3 aliphatic rings. The first-order valence-corrected chi connectivity index (χ1v) is 10.3. The van der Waals surface area contributed by atoms with Crippen molar-refractivity contribution < 1.29 is 19.0 Å². The Morgan fingerprint density at radius 2 is 2.28 bits per heavy atom. The summed E-state index contributed by atoms with van der Waals surface area (Å²) in [4.78, 5) is 19.2. The normalized spacial score (nSPS) is 26.7. The Morgan fingerprint density at radius 1 is 1.41 bits per heavy atom. The van der Waals surface area contributed by atoms with Gasteiger partial charge in [-0.3, -0.25) is 9.88 Å². The highest BCUT2D eigenvalue weighted by Crippen LogP contribution is 2.43. The van der Waals surface area contributed by atoms with Crippen LogP contribution in [0.4, 0.5) is 4.79 Å². The fourth-order valence-corrected chi connectivity index (χ4v) is 4.82. The lowest BCUT2D eigenvalue weighted by Gasteiger charge is -2.51. The topological polar surface area (TPSA) is 60.9 Å². The molecule has 5 rings (SSSR count). The summed E-state index contributed by atoms with van der Waals surface area (Å²) < 4.78 is 16.5. The van der Waals surface area contributed by atoms with Crippen molar-refractivity contribution in [3.63, 3.8) is 0 Å². The van der Waals surface area contributed by atoms with Gasteiger partial charge in [0.15, 0.2) is 0 Å². The third-order valence-corrected chi connectivity index (χ3v) is 6.28. The molecule has 3 fully saturated rings. The number of rotatable bonds is 6. The molecule has 3 aliphatic heterocycles. The second kappa shape index (κ2) is 8.41. The van der Waals surface area contributed by atoms with E-state index in [0.717, 1.165) is 48.1 Å². The molecule has 0 N–H and O–H groups in total. The van der Waals surface area contributed by atoms with Crippen LogP contribution < -0.4 is 4.74 Å². The van der Waals surface area contributed by atoms with Gasteiger partial charge in [-0.2, -0.15) is 0 Å². The van der Waals surface area contributed by atoms with Crippen LogP contribution in [0.1, 0.15) is 31.4 Å². The van der Waals surface area contributed by atoms with Gasteiger partial charge < -0.3 is 14.2 Å². The van der Waals surface area contributed by atoms with Crippen LogP contribution in [0.3, 0.4) is 0 Å². The van der Waals surface area contributed by atoms with Crippen LogP contribution in [-0.2, 0) is 9.47 Å². The van der Waals surface area contributed by atoms with Crippen molar-refractivity contribution in [3.8, 4) is 5.75 Å². The molecule has 1 unspecified atom stereocenters. The summed E-state index contributed by atoms with van der Waals surface area (Å²) in [7, 11) is 1.64. The Morgan fingerprint density at radius 3 is 2.97 bits per heavy atom. The van der Waals surface area contributed by atoms with Gasteiger partial charge in [-0.05, 0) is 62.4 Å². The SMILES string of the molecule is C=C[C@H]1CN2CC[C@H]1C[C@H]2[C@@H](OC(=O)OCC)c1ccnc2ccc(OC)cc12. The monoisotopic (exact) mass is 396 g/mol. The van der Waals surface area contributed by atoms with Crippen LogP contribution in [-0.4, -0.2) is 48.9 Å². The van der Waals surface area contributed by atoms with Crippen molar-refractivity contribution in [2.45, 2.75) is 31.9 Å². The van der Waals surface area contributed by atoms with E-state index in [1.54, 1.807) is 20.2 Å². The van der Waals surface area contributed by atoms with Gasteiger partial charge in [0.2, 0.25) is 0 Å². The van der Waals surface area contributed by atoms with Crippen molar-refractivity contribution in [1.29, 1.82) is 0 Å². The minimum Gasteiger partial charge on any atom is -0.497 e. The molecule has 29 heavy (non-hydrogen) atoms. The predicted molar refractivity (Wildman–Crippen MR) is 111 cm³/mol. The average molecular weight is 396 g/mol. The number of carbonyl (C=O) groups excluding carboxylic acids is 1. The quantitative estimate of drug-likeness (QED) is 0.534. The van der Waals surface area contributed by atoms with Crippen molar-refractivity contribution in [3.05, 3.63) is 48.7 Å². The standard InChI is InChI=1S/C23H28N2O4/c1-4-15-14-25-11-9-16(15)12-21(25)22(29-23(26)28-5-2)18-8-10-24-20-7-6-17(27-3)13-19(18)20/h4,6-8,10,13,15-16,21-22H,1,5,9,11-12,14H2,2-3H3/t15-,16-,21-,22-/m0/s1. The molecule has 5 atom stereocenters. The van der Waals surface area contributed by atoms with Crippen molar-refractivity contribution in [1.82, 2.24) is 9.88 Å². The molecule has 0 aliphatic carbocycles. The second-order valence-corrected chi connectivity index (χ2v) is 7.75. The average Bonchev–Trinajstić information content (AvgIpc) is 2.77. The van der Waals surface area contributed by atoms with Gasteiger partial charge >= 0.3 is 6.16 Å². The zero-order valence-corrected chi connectivity index (χ0v) is 17.0. The zero-order chi connectivity index (χ0) is 20.4. The molecule has 1 aromatic carbocycles. The number of pyridine rings is 1. The number of carbonyl (C=O) groups is 1. The summed E-state index contributed by atoms with van der Waals surface area (Å²) in [5, 5.41) is 0.934. The Bertz CT molecular complexity index is 900. The lowest BCUT2D eigenvalue weighted by atomic mass is 9.73. The molecule has 0 radical (unpaired) electrons. The van der Waals surface area contributed by atoms with Gasteiger partial charge in [0, 0.05) is 23.7 Å². The number of piperidine rings is 3. The highest BCUT2D eigenvalue weighted by molar-refractivity contribution is 5.84. The maximum Gasteiger partial charge on any atom is 0.508 e. The molecule has 0 spiro atoms. The summed E-state index contributed by atoms with van der Waals surface area (Å²) in [6.07, 6.45) is 4.91. The Balaban J connectivity index is 1.75. The number of nitrogens with zero attached hydrogens (tertiary/aromatic N) is 2. The summed E-state index contributed by atoms with van der Waals surface area (Å²) in [6.45, 7) is 8.04. The van der Waals surface area contributed by atoms with Crippen LogP contribution in [0.15, 0.2) is 43.1 Å².